The van der Waals surface area contributed by atoms with Crippen LogP contribution in [0.3, 0.4) is 0 Å². The topological polar surface area (TPSA) is 86.8 Å². The van der Waals surface area contributed by atoms with Gasteiger partial charge in [0.1, 0.15) is 30.4 Å². The van der Waals surface area contributed by atoms with E-state index in [9.17, 15) is 5.26 Å². The van der Waals surface area contributed by atoms with Gasteiger partial charge in [-0.3, -0.25) is 5.32 Å². The van der Waals surface area contributed by atoms with Gasteiger partial charge < -0.3 is 10.5 Å². The lowest BCUT2D eigenvalue weighted by molar-refractivity contribution is -0.379. The summed E-state index contributed by atoms with van der Waals surface area (Å²) >= 11 is 0. The van der Waals surface area contributed by atoms with Gasteiger partial charge in [-0.15, -0.1) is 0 Å². The zero-order valence-corrected chi connectivity index (χ0v) is 14.0. The van der Waals surface area contributed by atoms with Crippen molar-refractivity contribution in [1.82, 2.24) is 0 Å². The van der Waals surface area contributed by atoms with Crippen molar-refractivity contribution in [2.24, 2.45) is 0 Å². The van der Waals surface area contributed by atoms with E-state index in [1.165, 1.54) is 11.3 Å². The van der Waals surface area contributed by atoms with Gasteiger partial charge in [0.15, 0.2) is 0 Å². The van der Waals surface area contributed by atoms with Crippen LogP contribution in [0.4, 0.5) is 5.82 Å². The lowest BCUT2D eigenvalue weighted by atomic mass is 9.87. The minimum absolute atomic E-state index is 0.217. The molecule has 1 aromatic heterocycles. The number of quaternary nitrogens is 1. The summed E-state index contributed by atoms with van der Waals surface area (Å²) in [6, 6.07) is 2.38. The smallest absolute Gasteiger partial charge is 0.291 e. The fourth-order valence-corrected chi connectivity index (χ4v) is 2.92. The summed E-state index contributed by atoms with van der Waals surface area (Å²) < 4.78 is 5.97. The Balaban J connectivity index is 2.50. The van der Waals surface area contributed by atoms with Crippen molar-refractivity contribution in [3.05, 3.63) is 22.4 Å². The Labute approximate surface area is 132 Å². The van der Waals surface area contributed by atoms with Gasteiger partial charge in [0.05, 0.1) is 12.2 Å². The van der Waals surface area contributed by atoms with Crippen molar-refractivity contribution < 1.29 is 15.5 Å². The number of nitriles is 1. The van der Waals surface area contributed by atoms with Crippen LogP contribution in [-0.4, -0.2) is 18.7 Å². The minimum atomic E-state index is -0.217. The molecule has 5 heteroatoms. The zero-order valence-electron chi connectivity index (χ0n) is 14.0. The molecule has 2 heterocycles. The Kier molecular flexibility index (Phi) is 5.38. The van der Waals surface area contributed by atoms with Crippen LogP contribution in [0.15, 0.2) is 0 Å². The van der Waals surface area contributed by atoms with Crippen molar-refractivity contribution in [1.29, 1.82) is 5.26 Å². The number of anilines is 1. The monoisotopic (exact) mass is 304 g/mol. The van der Waals surface area contributed by atoms with Gasteiger partial charge in [0.25, 0.3) is 5.82 Å². The highest BCUT2D eigenvalue weighted by atomic mass is 16.5. The van der Waals surface area contributed by atoms with Gasteiger partial charge >= 0.3 is 0 Å². The van der Waals surface area contributed by atoms with Crippen molar-refractivity contribution >= 4 is 5.82 Å². The molecule has 0 radical (unpaired) electrons. The summed E-state index contributed by atoms with van der Waals surface area (Å²) in [4.78, 5) is 3.45. The SMILES string of the molecule is CCCCc1[nH+]c(NCC[NH3+])c(C#N)c2c1COC(C)(C)C2. The van der Waals surface area contributed by atoms with E-state index < -0.39 is 0 Å². The Morgan fingerprint density at radius 2 is 2.18 bits per heavy atom. The highest BCUT2D eigenvalue weighted by Gasteiger charge is 2.33. The van der Waals surface area contributed by atoms with Crippen LogP contribution in [0, 0.1) is 11.3 Å². The maximum Gasteiger partial charge on any atom is 0.291 e. The normalized spacial score (nSPS) is 16.0. The maximum absolute atomic E-state index is 9.64. The van der Waals surface area contributed by atoms with E-state index in [1.807, 2.05) is 0 Å². The molecule has 0 bridgehead atoms. The maximum atomic E-state index is 9.64. The number of nitrogens with one attached hydrogen (secondary N) is 2. The first-order chi connectivity index (χ1) is 10.5. The molecule has 0 atom stereocenters. The van der Waals surface area contributed by atoms with E-state index in [1.54, 1.807) is 0 Å². The average molecular weight is 304 g/mol. The summed E-state index contributed by atoms with van der Waals surface area (Å²) in [5.74, 6) is 0.841. The molecule has 22 heavy (non-hydrogen) atoms. The van der Waals surface area contributed by atoms with E-state index in [0.29, 0.717) is 6.61 Å². The Bertz CT molecular complexity index is 575. The van der Waals surface area contributed by atoms with E-state index in [0.717, 1.165) is 55.7 Å². The molecule has 0 aliphatic carbocycles. The fourth-order valence-electron chi connectivity index (χ4n) is 2.92. The summed E-state index contributed by atoms with van der Waals surface area (Å²) in [6.45, 7) is 8.50. The van der Waals surface area contributed by atoms with Crippen LogP contribution in [-0.2, 0) is 24.2 Å². The molecule has 120 valence electrons. The standard InChI is InChI=1S/C17H26N4O/c1-4-5-6-15-14-11-22-17(2,3)9-12(14)13(10-19)16(21-15)20-8-7-18/h4-9,11,18H2,1-3H3,(H,20,21)/p+2. The molecule has 0 unspecified atom stereocenters. The van der Waals surface area contributed by atoms with Gasteiger partial charge in [0, 0.05) is 18.4 Å². The van der Waals surface area contributed by atoms with Crippen LogP contribution in [0.5, 0.6) is 0 Å². The second-order valence-electron chi connectivity index (χ2n) is 6.53. The number of nitrogens with zero attached hydrogens (tertiary/aromatic N) is 1. The van der Waals surface area contributed by atoms with E-state index in [4.69, 9.17) is 4.74 Å². The van der Waals surface area contributed by atoms with E-state index in [-0.39, 0.29) is 5.60 Å². The molecule has 1 aliphatic heterocycles. The Morgan fingerprint density at radius 3 is 2.82 bits per heavy atom. The molecule has 0 amide bonds. The number of hydrogen-bond acceptors (Lipinski definition) is 3. The molecular formula is C17H28N4O+2. The molecule has 0 saturated heterocycles. The third kappa shape index (κ3) is 3.57. The van der Waals surface area contributed by atoms with Gasteiger partial charge in [-0.25, -0.2) is 4.98 Å². The molecule has 0 spiro atoms. The van der Waals surface area contributed by atoms with Gasteiger partial charge in [0.2, 0.25) is 0 Å². The number of H-pyrrole nitrogens is 1. The Morgan fingerprint density at radius 1 is 1.41 bits per heavy atom. The lowest BCUT2D eigenvalue weighted by Crippen LogP contribution is -2.53. The summed E-state index contributed by atoms with van der Waals surface area (Å²) in [7, 11) is 0. The third-order valence-electron chi connectivity index (χ3n) is 4.14. The summed E-state index contributed by atoms with van der Waals surface area (Å²) in [6.07, 6.45) is 4.05. The number of unbranched alkanes of at least 4 members (excludes halogenated alkanes) is 1. The van der Waals surface area contributed by atoms with Gasteiger partial charge in [-0.1, -0.05) is 13.3 Å². The number of fused-ring (bicyclic) bond motifs is 1. The molecule has 0 fully saturated rings. The number of aryl methyl sites for hydroxylation is 1. The fraction of sp³-hybridized carbons (Fsp3) is 0.647. The van der Waals surface area contributed by atoms with E-state index >= 15 is 0 Å². The molecule has 5 nitrogen and oxygen atoms in total. The van der Waals surface area contributed by atoms with Crippen molar-refractivity contribution in [2.75, 3.05) is 18.4 Å². The number of ether oxygens (including phenoxy) is 1. The molecule has 1 aromatic rings. The van der Waals surface area contributed by atoms with Crippen LogP contribution < -0.4 is 16.0 Å². The lowest BCUT2D eigenvalue weighted by Gasteiger charge is -2.32. The molecular weight excluding hydrogens is 276 g/mol. The first kappa shape index (κ1) is 16.7. The van der Waals surface area contributed by atoms with Crippen LogP contribution >= 0.6 is 0 Å². The van der Waals surface area contributed by atoms with Crippen molar-refractivity contribution in [2.45, 2.75) is 58.7 Å². The number of aromatic amines is 1. The van der Waals surface area contributed by atoms with Crippen molar-refractivity contribution in [3.8, 4) is 6.07 Å². The Hall–Kier alpha value is -1.64. The first-order valence-electron chi connectivity index (χ1n) is 8.19. The first-order valence-corrected chi connectivity index (χ1v) is 8.19. The predicted molar refractivity (Wildman–Crippen MR) is 85.1 cm³/mol. The van der Waals surface area contributed by atoms with Crippen LogP contribution in [0.1, 0.15) is 56.0 Å². The van der Waals surface area contributed by atoms with Gasteiger partial charge in [-0.05, 0) is 25.8 Å². The quantitative estimate of drug-likeness (QED) is 0.828. The van der Waals surface area contributed by atoms with Crippen LogP contribution in [0.2, 0.25) is 0 Å². The van der Waals surface area contributed by atoms with Gasteiger partial charge in [-0.2, -0.15) is 5.26 Å². The number of hydrogen-bond donors (Lipinski definition) is 2. The second kappa shape index (κ2) is 7.08. The molecule has 2 rings (SSSR count). The van der Waals surface area contributed by atoms with Crippen LogP contribution in [0.25, 0.3) is 0 Å². The number of pyridine rings is 1. The predicted octanol–water partition coefficient (Wildman–Crippen LogP) is 1.22. The third-order valence-corrected chi connectivity index (χ3v) is 4.14. The molecule has 1 aliphatic rings. The average Bonchev–Trinajstić information content (AvgIpc) is 2.49. The molecule has 0 aromatic carbocycles. The molecule has 0 saturated carbocycles. The van der Waals surface area contributed by atoms with Crippen molar-refractivity contribution in [3.63, 3.8) is 0 Å². The number of rotatable bonds is 6. The largest absolute Gasteiger partial charge is 0.370 e. The highest BCUT2D eigenvalue weighted by molar-refractivity contribution is 5.56. The second-order valence-corrected chi connectivity index (χ2v) is 6.53. The number of aromatic nitrogens is 1. The highest BCUT2D eigenvalue weighted by Crippen LogP contribution is 2.33. The van der Waals surface area contributed by atoms with E-state index in [2.05, 4.69) is 42.9 Å². The summed E-state index contributed by atoms with van der Waals surface area (Å²) in [5, 5.41) is 13.0. The minimum Gasteiger partial charge on any atom is -0.370 e. The summed E-state index contributed by atoms with van der Waals surface area (Å²) in [5.41, 5.74) is 7.92. The zero-order chi connectivity index (χ0) is 16.2. The molecule has 5 N–H and O–H groups in total.